The smallest absolute Gasteiger partial charge is 0.127 e. The highest BCUT2D eigenvalue weighted by molar-refractivity contribution is 5.78. The summed E-state index contributed by atoms with van der Waals surface area (Å²) in [5.74, 6) is 2.68. The van der Waals surface area contributed by atoms with Crippen LogP contribution in [0.15, 0.2) is 72.8 Å². The van der Waals surface area contributed by atoms with Gasteiger partial charge in [-0.1, -0.05) is 70.2 Å². The normalized spacial score (nSPS) is 12.3. The Labute approximate surface area is 258 Å². The van der Waals surface area contributed by atoms with Gasteiger partial charge in [-0.3, -0.25) is 0 Å². The Morgan fingerprint density at radius 3 is 2.07 bits per heavy atom. The predicted molar refractivity (Wildman–Crippen MR) is 178 cm³/mol. The van der Waals surface area contributed by atoms with Crippen LogP contribution in [0.2, 0.25) is 0 Å². The molecule has 1 atom stereocenters. The largest absolute Gasteiger partial charge is 0.493 e. The Kier molecular flexibility index (Phi) is 12.9. The maximum atomic E-state index is 6.88. The lowest BCUT2D eigenvalue weighted by molar-refractivity contribution is 0.249. The molecule has 1 heterocycles. The van der Waals surface area contributed by atoms with Crippen LogP contribution in [0, 0.1) is 0 Å². The molecule has 0 amide bonds. The number of fused-ring (bicyclic) bond motifs is 1. The molecule has 0 aliphatic carbocycles. The monoisotopic (exact) mass is 585 g/mol. The number of ether oxygens (including phenoxy) is 2. The maximum absolute atomic E-state index is 6.88. The molecule has 0 aliphatic heterocycles. The van der Waals surface area contributed by atoms with E-state index < -0.39 is 0 Å². The molecule has 0 unspecified atom stereocenters. The van der Waals surface area contributed by atoms with Crippen molar-refractivity contribution >= 4 is 11.0 Å². The summed E-state index contributed by atoms with van der Waals surface area (Å²) >= 11 is 0. The first-order valence-corrected chi connectivity index (χ1v) is 16.1. The Bertz CT molecular complexity index is 1350. The lowest BCUT2D eigenvalue weighted by Gasteiger charge is -2.20. The van der Waals surface area contributed by atoms with E-state index in [0.29, 0.717) is 19.6 Å². The van der Waals surface area contributed by atoms with Gasteiger partial charge in [-0.05, 0) is 87.4 Å². The molecule has 232 valence electrons. The molecule has 7 heteroatoms. The van der Waals surface area contributed by atoms with Crippen molar-refractivity contribution in [1.29, 1.82) is 0 Å². The van der Waals surface area contributed by atoms with Gasteiger partial charge in [0.15, 0.2) is 0 Å². The molecular weight excluding hydrogens is 534 g/mol. The second-order valence-corrected chi connectivity index (χ2v) is 11.1. The van der Waals surface area contributed by atoms with Crippen LogP contribution in [0.1, 0.15) is 63.5 Å². The maximum Gasteiger partial charge on any atom is 0.127 e. The van der Waals surface area contributed by atoms with Crippen LogP contribution >= 0.6 is 0 Å². The molecule has 0 spiro atoms. The number of hydrogen-bond acceptors (Lipinski definition) is 6. The second-order valence-electron chi connectivity index (χ2n) is 11.1. The predicted octanol–water partition coefficient (Wildman–Crippen LogP) is 6.70. The zero-order chi connectivity index (χ0) is 30.4. The molecule has 0 fully saturated rings. The van der Waals surface area contributed by atoms with E-state index in [1.54, 1.807) is 0 Å². The van der Waals surface area contributed by atoms with Crippen LogP contribution in [0.5, 0.6) is 11.5 Å². The van der Waals surface area contributed by atoms with Gasteiger partial charge in [-0.25, -0.2) is 4.98 Å². The summed E-state index contributed by atoms with van der Waals surface area (Å²) in [6, 6.07) is 24.5. The van der Waals surface area contributed by atoms with Crippen molar-refractivity contribution in [2.75, 3.05) is 45.9 Å². The van der Waals surface area contributed by atoms with Crippen molar-refractivity contribution < 1.29 is 9.47 Å². The Balaban J connectivity index is 1.46. The van der Waals surface area contributed by atoms with Crippen LogP contribution in [0.4, 0.5) is 0 Å². The number of benzene rings is 3. The Morgan fingerprint density at radius 2 is 1.40 bits per heavy atom. The summed E-state index contributed by atoms with van der Waals surface area (Å²) in [6.45, 7) is 17.4. The van der Waals surface area contributed by atoms with Crippen LogP contribution in [-0.2, 0) is 19.6 Å². The minimum atomic E-state index is -0.227. The van der Waals surface area contributed by atoms with E-state index in [1.807, 2.05) is 36.4 Å². The van der Waals surface area contributed by atoms with Gasteiger partial charge in [0, 0.05) is 19.2 Å². The Hall–Kier alpha value is -3.39. The van der Waals surface area contributed by atoms with Crippen LogP contribution in [-0.4, -0.2) is 65.2 Å². The summed E-state index contributed by atoms with van der Waals surface area (Å²) < 4.78 is 14.5. The van der Waals surface area contributed by atoms with Gasteiger partial charge in [0.05, 0.1) is 23.7 Å². The SMILES string of the molecule is CCN(CC)CCCOc1ccc2nc([C@H](N)Cc3ccc(OCc4ccccc4)cc3)n(CCCN(CC)CC)c2c1. The van der Waals surface area contributed by atoms with Crippen molar-refractivity contribution in [1.82, 2.24) is 19.4 Å². The van der Waals surface area contributed by atoms with Crippen molar-refractivity contribution in [3.63, 3.8) is 0 Å². The van der Waals surface area contributed by atoms with Crippen molar-refractivity contribution in [3.05, 3.63) is 89.7 Å². The highest BCUT2D eigenvalue weighted by Gasteiger charge is 2.19. The number of imidazole rings is 1. The van der Waals surface area contributed by atoms with Gasteiger partial charge in [0.1, 0.15) is 23.9 Å². The summed E-state index contributed by atoms with van der Waals surface area (Å²) in [7, 11) is 0. The van der Waals surface area contributed by atoms with Gasteiger partial charge in [-0.15, -0.1) is 0 Å². The van der Waals surface area contributed by atoms with Gasteiger partial charge < -0.3 is 29.6 Å². The number of aryl methyl sites for hydroxylation is 1. The van der Waals surface area contributed by atoms with Crippen molar-refractivity contribution in [3.8, 4) is 11.5 Å². The third-order valence-electron chi connectivity index (χ3n) is 8.24. The lowest BCUT2D eigenvalue weighted by atomic mass is 10.1. The number of nitrogens with two attached hydrogens (primary N) is 1. The van der Waals surface area contributed by atoms with Crippen molar-refractivity contribution in [2.45, 2.75) is 66.2 Å². The van der Waals surface area contributed by atoms with E-state index in [2.05, 4.69) is 78.5 Å². The first kappa shape index (κ1) is 32.5. The fourth-order valence-corrected chi connectivity index (χ4v) is 5.55. The van der Waals surface area contributed by atoms with Crippen molar-refractivity contribution in [2.24, 2.45) is 5.73 Å². The lowest BCUT2D eigenvalue weighted by Crippen LogP contribution is -2.25. The van der Waals surface area contributed by atoms with Crippen LogP contribution in [0.3, 0.4) is 0 Å². The molecule has 3 aromatic carbocycles. The molecule has 0 saturated heterocycles. The number of aromatic nitrogens is 2. The summed E-state index contributed by atoms with van der Waals surface area (Å²) in [6.07, 6.45) is 2.75. The molecule has 1 aromatic heterocycles. The molecule has 43 heavy (non-hydrogen) atoms. The first-order valence-electron chi connectivity index (χ1n) is 16.1. The zero-order valence-electron chi connectivity index (χ0n) is 26.7. The van der Waals surface area contributed by atoms with Gasteiger partial charge in [0.25, 0.3) is 0 Å². The number of nitrogens with zero attached hydrogens (tertiary/aromatic N) is 4. The third kappa shape index (κ3) is 9.55. The Morgan fingerprint density at radius 1 is 0.744 bits per heavy atom. The molecule has 4 aromatic rings. The molecular formula is C36H51N5O2. The third-order valence-corrected chi connectivity index (χ3v) is 8.24. The average Bonchev–Trinajstić information content (AvgIpc) is 3.41. The number of rotatable bonds is 19. The molecule has 0 bridgehead atoms. The zero-order valence-corrected chi connectivity index (χ0v) is 26.7. The molecule has 0 aliphatic rings. The van der Waals surface area contributed by atoms with Crippen LogP contribution < -0.4 is 15.2 Å². The summed E-state index contributed by atoms with van der Waals surface area (Å²) in [4.78, 5) is 9.94. The topological polar surface area (TPSA) is 68.8 Å². The van der Waals surface area contributed by atoms with E-state index in [4.69, 9.17) is 20.2 Å². The van der Waals surface area contributed by atoms with E-state index in [9.17, 15) is 0 Å². The second kappa shape index (κ2) is 17.0. The van der Waals surface area contributed by atoms with Gasteiger partial charge in [-0.2, -0.15) is 0 Å². The van der Waals surface area contributed by atoms with Crippen LogP contribution in [0.25, 0.3) is 11.0 Å². The summed E-state index contributed by atoms with van der Waals surface area (Å²) in [5.41, 5.74) is 11.3. The molecule has 0 radical (unpaired) electrons. The highest BCUT2D eigenvalue weighted by atomic mass is 16.5. The van der Waals surface area contributed by atoms with Gasteiger partial charge in [0.2, 0.25) is 0 Å². The standard InChI is InChI=1S/C36H51N5O2/c1-5-39(6-2)22-12-24-41-35-27-32(42-25-13-23-40(7-3)8-4)20-21-34(35)38-36(41)33(37)26-29-16-18-31(19-17-29)43-28-30-14-10-9-11-15-30/h9-11,14-21,27,33H,5-8,12-13,22-26,28,37H2,1-4H3/t33-/m1/s1. The molecule has 2 N–H and O–H groups in total. The first-order chi connectivity index (χ1) is 21.0. The van der Waals surface area contributed by atoms with E-state index >= 15 is 0 Å². The number of hydrogen-bond donors (Lipinski definition) is 1. The molecule has 4 rings (SSSR count). The molecule has 0 saturated carbocycles. The quantitative estimate of drug-likeness (QED) is 0.124. The fraction of sp³-hybridized carbons (Fsp3) is 0.472. The van der Waals surface area contributed by atoms with E-state index in [0.717, 1.165) is 92.6 Å². The summed E-state index contributed by atoms with van der Waals surface area (Å²) in [5, 5.41) is 0. The van der Waals surface area contributed by atoms with E-state index in [1.165, 1.54) is 5.56 Å². The molecule has 7 nitrogen and oxygen atoms in total. The highest BCUT2D eigenvalue weighted by Crippen LogP contribution is 2.27. The fourth-order valence-electron chi connectivity index (χ4n) is 5.55. The minimum Gasteiger partial charge on any atom is -0.493 e. The average molecular weight is 586 g/mol. The van der Waals surface area contributed by atoms with E-state index in [-0.39, 0.29) is 6.04 Å². The minimum absolute atomic E-state index is 0.227. The van der Waals surface area contributed by atoms with Gasteiger partial charge >= 0.3 is 0 Å².